The lowest BCUT2D eigenvalue weighted by atomic mass is 10.2. The number of amides is 1. The predicted octanol–water partition coefficient (Wildman–Crippen LogP) is 2.67. The van der Waals surface area contributed by atoms with Crippen molar-refractivity contribution in [1.29, 1.82) is 5.26 Å². The van der Waals surface area contributed by atoms with Gasteiger partial charge in [-0.25, -0.2) is 8.42 Å². The lowest BCUT2D eigenvalue weighted by molar-refractivity contribution is -0.134. The Morgan fingerprint density at radius 2 is 1.84 bits per heavy atom. The molecule has 7 nitrogen and oxygen atoms in total. The van der Waals surface area contributed by atoms with Crippen LogP contribution in [0.4, 0.5) is 0 Å². The molecule has 166 valence electrons. The van der Waals surface area contributed by atoms with Gasteiger partial charge in [0, 0.05) is 48.5 Å². The minimum Gasteiger partial charge on any atom is -0.339 e. The third kappa shape index (κ3) is 5.52. The van der Waals surface area contributed by atoms with Crippen LogP contribution in [0.3, 0.4) is 0 Å². The summed E-state index contributed by atoms with van der Waals surface area (Å²) in [5, 5.41) is 9.24. The van der Waals surface area contributed by atoms with E-state index >= 15 is 0 Å². The number of nitrogens with zero attached hydrogens (tertiary/aromatic N) is 4. The van der Waals surface area contributed by atoms with E-state index in [1.54, 1.807) is 28.4 Å². The molecule has 1 amide bonds. The first-order valence-electron chi connectivity index (χ1n) is 10.3. The van der Waals surface area contributed by atoms with Gasteiger partial charge in [-0.05, 0) is 45.0 Å². The maximum Gasteiger partial charge on any atom is 0.244 e. The Balaban J connectivity index is 1.62. The third-order valence-electron chi connectivity index (χ3n) is 5.44. The number of carbonyl (C=O) groups excluding carboxylic acids is 1. The van der Waals surface area contributed by atoms with Gasteiger partial charge < -0.3 is 4.90 Å². The van der Waals surface area contributed by atoms with Crippen molar-refractivity contribution in [2.75, 3.05) is 32.7 Å². The Bertz CT molecular complexity index is 1060. The topological polar surface area (TPSA) is 84.7 Å². The van der Waals surface area contributed by atoms with Crippen LogP contribution in [-0.4, -0.2) is 67.2 Å². The molecule has 1 saturated heterocycles. The minimum absolute atomic E-state index is 0.0106. The first-order valence-corrected chi connectivity index (χ1v) is 12.5. The molecule has 9 heteroatoms. The molecule has 0 aliphatic carbocycles. The van der Waals surface area contributed by atoms with E-state index in [4.69, 9.17) is 0 Å². The van der Waals surface area contributed by atoms with Crippen LogP contribution in [0.5, 0.6) is 0 Å². The van der Waals surface area contributed by atoms with Gasteiger partial charge in [-0.15, -0.1) is 11.3 Å². The van der Waals surface area contributed by atoms with Gasteiger partial charge in [0.1, 0.15) is 6.07 Å². The number of rotatable bonds is 7. The molecular weight excluding hydrogens is 432 g/mol. The summed E-state index contributed by atoms with van der Waals surface area (Å²) in [6.45, 7) is 8.38. The van der Waals surface area contributed by atoms with Gasteiger partial charge in [-0.3, -0.25) is 9.69 Å². The smallest absolute Gasteiger partial charge is 0.244 e. The summed E-state index contributed by atoms with van der Waals surface area (Å²) in [5.74, 6) is 0.0106. The van der Waals surface area contributed by atoms with Crippen LogP contribution < -0.4 is 0 Å². The van der Waals surface area contributed by atoms with Gasteiger partial charge in [0.05, 0.1) is 17.0 Å². The number of aryl methyl sites for hydroxylation is 1. The van der Waals surface area contributed by atoms with Crippen molar-refractivity contribution < 1.29 is 13.2 Å². The van der Waals surface area contributed by atoms with E-state index in [0.717, 1.165) is 6.54 Å². The molecular formula is C22H28N4O3S2. The summed E-state index contributed by atoms with van der Waals surface area (Å²) in [6, 6.07) is 12.6. The molecule has 0 saturated carbocycles. The summed E-state index contributed by atoms with van der Waals surface area (Å²) >= 11 is 1.74. The van der Waals surface area contributed by atoms with Crippen LogP contribution in [-0.2, 0) is 21.4 Å². The van der Waals surface area contributed by atoms with Gasteiger partial charge in [0.25, 0.3) is 0 Å². The summed E-state index contributed by atoms with van der Waals surface area (Å²) in [6.07, 6.45) is 0. The van der Waals surface area contributed by atoms with Gasteiger partial charge in [-0.1, -0.05) is 12.1 Å². The van der Waals surface area contributed by atoms with Crippen molar-refractivity contribution in [2.24, 2.45) is 0 Å². The molecule has 0 unspecified atom stereocenters. The van der Waals surface area contributed by atoms with Gasteiger partial charge in [0.2, 0.25) is 15.9 Å². The van der Waals surface area contributed by atoms with E-state index in [2.05, 4.69) is 37.8 Å². The average Bonchev–Trinajstić information content (AvgIpc) is 3.17. The van der Waals surface area contributed by atoms with Crippen molar-refractivity contribution in [3.63, 3.8) is 0 Å². The zero-order valence-corrected chi connectivity index (χ0v) is 19.7. The lowest BCUT2D eigenvalue weighted by Gasteiger charge is -2.36. The SMILES string of the molecule is Cc1ccc(CN(CC(=O)N2CCN(S(=O)(=O)c3ccccc3C#N)CC2)C(C)C)s1. The number of thiophene rings is 1. The summed E-state index contributed by atoms with van der Waals surface area (Å²) in [4.78, 5) is 19.3. The second kappa shape index (κ2) is 9.92. The van der Waals surface area contributed by atoms with Crippen molar-refractivity contribution >= 4 is 27.3 Å². The Hall–Kier alpha value is -2.25. The number of carbonyl (C=O) groups is 1. The van der Waals surface area contributed by atoms with Gasteiger partial charge in [0.15, 0.2) is 0 Å². The largest absolute Gasteiger partial charge is 0.339 e. The van der Waals surface area contributed by atoms with Crippen LogP contribution in [0, 0.1) is 18.3 Å². The summed E-state index contributed by atoms with van der Waals surface area (Å²) in [5.41, 5.74) is 0.136. The van der Waals surface area contributed by atoms with Gasteiger partial charge in [-0.2, -0.15) is 9.57 Å². The molecule has 1 aliphatic rings. The minimum atomic E-state index is -3.76. The maximum absolute atomic E-state index is 13.0. The number of piperazine rings is 1. The second-order valence-corrected chi connectivity index (χ2v) is 11.2. The van der Waals surface area contributed by atoms with Crippen LogP contribution in [0.25, 0.3) is 0 Å². The first-order chi connectivity index (χ1) is 14.7. The quantitative estimate of drug-likeness (QED) is 0.634. The number of hydrogen-bond donors (Lipinski definition) is 0. The standard InChI is InChI=1S/C22H28N4O3S2/c1-17(2)25(15-20-9-8-18(3)30-20)16-22(27)24-10-12-26(13-11-24)31(28,29)21-7-5-4-6-19(21)14-23/h4-9,17H,10-13,15-16H2,1-3H3. The average molecular weight is 461 g/mol. The van der Waals surface area contributed by atoms with Crippen molar-refractivity contribution in [3.05, 3.63) is 51.7 Å². The monoisotopic (exact) mass is 460 g/mol. The number of sulfonamides is 1. The third-order valence-corrected chi connectivity index (χ3v) is 8.38. The van der Waals surface area contributed by atoms with E-state index in [9.17, 15) is 18.5 Å². The highest BCUT2D eigenvalue weighted by molar-refractivity contribution is 7.89. The van der Waals surface area contributed by atoms with E-state index < -0.39 is 10.0 Å². The Morgan fingerprint density at radius 3 is 2.42 bits per heavy atom. The molecule has 3 rings (SSSR count). The first kappa shape index (κ1) is 23.4. The molecule has 1 aromatic heterocycles. The summed E-state index contributed by atoms with van der Waals surface area (Å²) in [7, 11) is -3.76. The maximum atomic E-state index is 13.0. The van der Waals surface area contributed by atoms with Crippen molar-refractivity contribution in [1.82, 2.24) is 14.1 Å². The zero-order valence-electron chi connectivity index (χ0n) is 18.1. The van der Waals surface area contributed by atoms with Crippen LogP contribution >= 0.6 is 11.3 Å². The van der Waals surface area contributed by atoms with E-state index in [1.807, 2.05) is 6.07 Å². The Kier molecular flexibility index (Phi) is 7.49. The molecule has 0 bridgehead atoms. The highest BCUT2D eigenvalue weighted by atomic mass is 32.2. The Morgan fingerprint density at radius 1 is 1.16 bits per heavy atom. The van der Waals surface area contributed by atoms with Crippen LogP contribution in [0.1, 0.15) is 29.2 Å². The molecule has 2 aromatic rings. The molecule has 2 heterocycles. The fourth-order valence-corrected chi connectivity index (χ4v) is 6.05. The lowest BCUT2D eigenvalue weighted by Crippen LogP contribution is -2.53. The number of nitriles is 1. The van der Waals surface area contributed by atoms with Gasteiger partial charge >= 0.3 is 0 Å². The van der Waals surface area contributed by atoms with Crippen molar-refractivity contribution in [2.45, 2.75) is 38.3 Å². The Labute approximate surface area is 188 Å². The van der Waals surface area contributed by atoms with Crippen LogP contribution in [0.15, 0.2) is 41.3 Å². The molecule has 1 aromatic carbocycles. The predicted molar refractivity (Wildman–Crippen MR) is 121 cm³/mol. The molecule has 1 fully saturated rings. The fourth-order valence-electron chi connectivity index (χ4n) is 3.57. The highest BCUT2D eigenvalue weighted by Crippen LogP contribution is 2.22. The molecule has 0 atom stereocenters. The van der Waals surface area contributed by atoms with Crippen molar-refractivity contribution in [3.8, 4) is 6.07 Å². The summed E-state index contributed by atoms with van der Waals surface area (Å²) < 4.78 is 27.3. The van der Waals surface area contributed by atoms with E-state index in [1.165, 1.54) is 26.2 Å². The molecule has 0 N–H and O–H groups in total. The zero-order chi connectivity index (χ0) is 22.6. The van der Waals surface area contributed by atoms with Crippen LogP contribution in [0.2, 0.25) is 0 Å². The highest BCUT2D eigenvalue weighted by Gasteiger charge is 2.32. The molecule has 0 radical (unpaired) electrons. The number of benzene rings is 1. The van der Waals surface area contributed by atoms with E-state index in [0.29, 0.717) is 19.6 Å². The fraction of sp³-hybridized carbons (Fsp3) is 0.455. The normalized spacial score (nSPS) is 15.4. The molecule has 1 aliphatic heterocycles. The van der Waals surface area contributed by atoms with E-state index in [-0.39, 0.29) is 35.5 Å². The number of hydrogen-bond acceptors (Lipinski definition) is 6. The second-order valence-electron chi connectivity index (χ2n) is 7.90. The molecule has 31 heavy (non-hydrogen) atoms. The molecule has 0 spiro atoms.